The van der Waals surface area contributed by atoms with Crippen LogP contribution in [-0.2, 0) is 22.9 Å². The summed E-state index contributed by atoms with van der Waals surface area (Å²) in [5.74, 6) is 0.539. The number of hydrogen-bond donors (Lipinski definition) is 1. The first-order valence-electron chi connectivity index (χ1n) is 6.10. The number of aryl methyl sites for hydroxylation is 2. The number of sulfonamides is 1. The summed E-state index contributed by atoms with van der Waals surface area (Å²) in [5, 5.41) is 0. The molecule has 0 saturated carbocycles. The minimum atomic E-state index is -5.29. The molecule has 0 radical (unpaired) electrons. The molecular formula is C12H14F3NO3S. The van der Waals surface area contributed by atoms with E-state index in [-0.39, 0.29) is 6.61 Å². The summed E-state index contributed by atoms with van der Waals surface area (Å²) in [7, 11) is -5.29. The van der Waals surface area contributed by atoms with Crippen LogP contribution in [0.5, 0.6) is 5.75 Å². The van der Waals surface area contributed by atoms with Crippen molar-refractivity contribution in [2.24, 2.45) is 0 Å². The van der Waals surface area contributed by atoms with E-state index < -0.39 is 22.1 Å². The van der Waals surface area contributed by atoms with E-state index in [4.69, 9.17) is 4.74 Å². The molecule has 0 heterocycles. The third-order valence-corrected chi connectivity index (χ3v) is 4.23. The number of ether oxygens (including phenoxy) is 1. The van der Waals surface area contributed by atoms with Crippen molar-refractivity contribution in [3.63, 3.8) is 0 Å². The van der Waals surface area contributed by atoms with Crippen molar-refractivity contribution in [2.75, 3.05) is 13.2 Å². The molecule has 0 aliphatic heterocycles. The zero-order valence-electron chi connectivity index (χ0n) is 10.5. The fourth-order valence-electron chi connectivity index (χ4n) is 2.06. The summed E-state index contributed by atoms with van der Waals surface area (Å²) in [4.78, 5) is 0. The molecule has 1 aliphatic carbocycles. The van der Waals surface area contributed by atoms with Crippen LogP contribution in [0.2, 0.25) is 0 Å². The van der Waals surface area contributed by atoms with Gasteiger partial charge >= 0.3 is 15.5 Å². The van der Waals surface area contributed by atoms with Crippen LogP contribution in [0.3, 0.4) is 0 Å². The van der Waals surface area contributed by atoms with Crippen LogP contribution >= 0.6 is 0 Å². The van der Waals surface area contributed by atoms with Crippen molar-refractivity contribution in [1.29, 1.82) is 0 Å². The summed E-state index contributed by atoms with van der Waals surface area (Å²) in [5.41, 5.74) is -2.85. The molecule has 1 aliphatic rings. The van der Waals surface area contributed by atoms with Gasteiger partial charge in [0, 0.05) is 6.54 Å². The summed E-state index contributed by atoms with van der Waals surface area (Å²) in [6.07, 6.45) is 3.08. The smallest absolute Gasteiger partial charge is 0.492 e. The maximum atomic E-state index is 12.0. The molecule has 1 aromatic rings. The number of rotatable bonds is 5. The Hall–Kier alpha value is -1.28. The molecule has 0 spiro atoms. The number of hydrogen-bond acceptors (Lipinski definition) is 3. The van der Waals surface area contributed by atoms with Gasteiger partial charge in [-0.05, 0) is 42.5 Å². The van der Waals surface area contributed by atoms with Crippen LogP contribution in [0.4, 0.5) is 13.2 Å². The second-order valence-electron chi connectivity index (χ2n) is 4.48. The first-order valence-corrected chi connectivity index (χ1v) is 7.58. The number of alkyl halides is 3. The summed E-state index contributed by atoms with van der Waals surface area (Å²) in [6.45, 7) is -0.590. The molecule has 0 saturated heterocycles. The van der Waals surface area contributed by atoms with Gasteiger partial charge in [0.15, 0.2) is 0 Å². The molecule has 20 heavy (non-hydrogen) atoms. The Balaban J connectivity index is 1.82. The Labute approximate surface area is 115 Å². The van der Waals surface area contributed by atoms with E-state index in [1.54, 1.807) is 6.07 Å². The maximum Gasteiger partial charge on any atom is 0.511 e. The molecule has 0 amide bonds. The lowest BCUT2D eigenvalue weighted by Crippen LogP contribution is -2.38. The van der Waals surface area contributed by atoms with Gasteiger partial charge in [0.25, 0.3) is 0 Å². The third-order valence-electron chi connectivity index (χ3n) is 3.04. The second-order valence-corrected chi connectivity index (χ2v) is 6.23. The number of halogens is 3. The fourth-order valence-corrected chi connectivity index (χ4v) is 2.58. The topological polar surface area (TPSA) is 55.4 Å². The average molecular weight is 309 g/mol. The van der Waals surface area contributed by atoms with Gasteiger partial charge in [-0.1, -0.05) is 6.07 Å². The second kappa shape index (κ2) is 5.61. The Kier molecular flexibility index (Phi) is 4.24. The van der Waals surface area contributed by atoms with Gasteiger partial charge in [0.2, 0.25) is 0 Å². The Morgan fingerprint density at radius 3 is 2.60 bits per heavy atom. The molecular weight excluding hydrogens is 295 g/mol. The Bertz CT molecular complexity index is 584. The molecule has 4 nitrogen and oxygen atoms in total. The Morgan fingerprint density at radius 2 is 1.90 bits per heavy atom. The predicted octanol–water partition coefficient (Wildman–Crippen LogP) is 1.99. The summed E-state index contributed by atoms with van der Waals surface area (Å²) >= 11 is 0. The number of fused-ring (bicyclic) bond motifs is 1. The monoisotopic (exact) mass is 309 g/mol. The van der Waals surface area contributed by atoms with Crippen molar-refractivity contribution in [3.8, 4) is 5.75 Å². The molecule has 0 atom stereocenters. The zero-order chi connectivity index (χ0) is 14.8. The van der Waals surface area contributed by atoms with Crippen molar-refractivity contribution in [3.05, 3.63) is 29.3 Å². The molecule has 0 aromatic heterocycles. The van der Waals surface area contributed by atoms with Crippen LogP contribution < -0.4 is 9.46 Å². The largest absolute Gasteiger partial charge is 0.511 e. The molecule has 2 rings (SSSR count). The summed E-state index contributed by atoms with van der Waals surface area (Å²) < 4.78 is 64.3. The molecule has 0 unspecified atom stereocenters. The van der Waals surface area contributed by atoms with Crippen molar-refractivity contribution in [2.45, 2.75) is 24.8 Å². The van der Waals surface area contributed by atoms with E-state index in [1.807, 2.05) is 12.1 Å². The standard InChI is InChI=1S/C12H14F3NO3S/c13-12(14,15)20(17,18)16-6-7-19-11-5-4-9-2-1-3-10(9)8-11/h4-5,8,16H,1-3,6-7H2. The first-order chi connectivity index (χ1) is 9.29. The van der Waals surface area contributed by atoms with Crippen molar-refractivity contribution >= 4 is 10.0 Å². The molecule has 112 valence electrons. The van der Waals surface area contributed by atoms with Gasteiger partial charge < -0.3 is 4.74 Å². The van der Waals surface area contributed by atoms with Crippen molar-refractivity contribution < 1.29 is 26.3 Å². The van der Waals surface area contributed by atoms with Gasteiger partial charge in [0.1, 0.15) is 12.4 Å². The van der Waals surface area contributed by atoms with E-state index in [0.29, 0.717) is 5.75 Å². The Morgan fingerprint density at radius 1 is 1.20 bits per heavy atom. The van der Waals surface area contributed by atoms with E-state index in [0.717, 1.165) is 19.3 Å². The van der Waals surface area contributed by atoms with Gasteiger partial charge in [-0.25, -0.2) is 13.1 Å². The van der Waals surface area contributed by atoms with Gasteiger partial charge in [-0.3, -0.25) is 0 Å². The lowest BCUT2D eigenvalue weighted by atomic mass is 10.1. The van der Waals surface area contributed by atoms with Crippen LogP contribution in [0.15, 0.2) is 18.2 Å². The average Bonchev–Trinajstić information content (AvgIpc) is 2.80. The first kappa shape index (κ1) is 15.1. The highest BCUT2D eigenvalue weighted by Crippen LogP contribution is 2.26. The lowest BCUT2D eigenvalue weighted by Gasteiger charge is -2.11. The maximum absolute atomic E-state index is 12.0. The highest BCUT2D eigenvalue weighted by atomic mass is 32.2. The normalized spacial score (nSPS) is 15.2. The van der Waals surface area contributed by atoms with Crippen LogP contribution in [0, 0.1) is 0 Å². The predicted molar refractivity (Wildman–Crippen MR) is 66.9 cm³/mol. The van der Waals surface area contributed by atoms with E-state index >= 15 is 0 Å². The molecule has 0 bridgehead atoms. The highest BCUT2D eigenvalue weighted by molar-refractivity contribution is 7.90. The quantitative estimate of drug-likeness (QED) is 0.846. The SMILES string of the molecule is O=S(=O)(NCCOc1ccc2c(c1)CCC2)C(F)(F)F. The molecule has 1 N–H and O–H groups in total. The minimum absolute atomic E-state index is 0.159. The van der Waals surface area contributed by atoms with Gasteiger partial charge in [-0.15, -0.1) is 0 Å². The highest BCUT2D eigenvalue weighted by Gasteiger charge is 2.45. The number of nitrogens with one attached hydrogen (secondary N) is 1. The van der Waals surface area contributed by atoms with E-state index in [1.165, 1.54) is 15.8 Å². The van der Waals surface area contributed by atoms with Crippen LogP contribution in [0.25, 0.3) is 0 Å². The van der Waals surface area contributed by atoms with Gasteiger partial charge in [0.05, 0.1) is 0 Å². The lowest BCUT2D eigenvalue weighted by molar-refractivity contribution is -0.0448. The summed E-state index contributed by atoms with van der Waals surface area (Å²) in [6, 6.07) is 5.51. The van der Waals surface area contributed by atoms with Crippen LogP contribution in [0.1, 0.15) is 17.5 Å². The third kappa shape index (κ3) is 3.43. The van der Waals surface area contributed by atoms with Crippen molar-refractivity contribution in [1.82, 2.24) is 4.72 Å². The zero-order valence-corrected chi connectivity index (χ0v) is 11.4. The fraction of sp³-hybridized carbons (Fsp3) is 0.500. The number of benzene rings is 1. The minimum Gasteiger partial charge on any atom is -0.492 e. The molecule has 8 heteroatoms. The van der Waals surface area contributed by atoms with Gasteiger partial charge in [-0.2, -0.15) is 13.2 Å². The van der Waals surface area contributed by atoms with E-state index in [2.05, 4.69) is 0 Å². The van der Waals surface area contributed by atoms with E-state index in [9.17, 15) is 21.6 Å². The molecule has 0 fully saturated rings. The molecule has 1 aromatic carbocycles. The van der Waals surface area contributed by atoms with Crippen LogP contribution in [-0.4, -0.2) is 27.1 Å².